The van der Waals surface area contributed by atoms with Gasteiger partial charge in [0, 0.05) is 19.3 Å². The van der Waals surface area contributed by atoms with Crippen LogP contribution in [0.1, 0.15) is 25.3 Å². The largest absolute Gasteiger partial charge is 0.499 e. The Morgan fingerprint density at radius 2 is 1.92 bits per heavy atom. The second-order valence-corrected chi connectivity index (χ2v) is 10.9. The minimum atomic E-state index is -5.94. The van der Waals surface area contributed by atoms with Gasteiger partial charge in [-0.05, 0) is 24.5 Å². The van der Waals surface area contributed by atoms with Gasteiger partial charge in [0.25, 0.3) is 0 Å². The number of halogens is 5. The van der Waals surface area contributed by atoms with E-state index in [1.165, 1.54) is 23.1 Å². The summed E-state index contributed by atoms with van der Waals surface area (Å²) in [6, 6.07) is 6.34. The zero-order valence-corrected chi connectivity index (χ0v) is 20.0. The summed E-state index contributed by atoms with van der Waals surface area (Å²) in [6.45, 7) is 1.45. The van der Waals surface area contributed by atoms with Crippen molar-refractivity contribution in [2.75, 3.05) is 5.75 Å². The van der Waals surface area contributed by atoms with Crippen molar-refractivity contribution in [1.82, 2.24) is 24.1 Å². The van der Waals surface area contributed by atoms with Crippen LogP contribution in [0.15, 0.2) is 35.5 Å². The normalized spacial score (nSPS) is 15.7. The number of nitriles is 1. The van der Waals surface area contributed by atoms with Gasteiger partial charge in [-0.15, -0.1) is 0 Å². The Morgan fingerprint density at radius 1 is 1.22 bits per heavy atom. The van der Waals surface area contributed by atoms with E-state index in [1.807, 2.05) is 0 Å². The van der Waals surface area contributed by atoms with E-state index in [1.54, 1.807) is 18.3 Å². The van der Waals surface area contributed by atoms with Crippen LogP contribution in [0.25, 0.3) is 28.2 Å². The van der Waals surface area contributed by atoms with Crippen LogP contribution < -0.4 is 4.74 Å². The van der Waals surface area contributed by atoms with E-state index in [0.717, 1.165) is 6.07 Å². The molecule has 0 radical (unpaired) electrons. The first-order chi connectivity index (χ1) is 17.2. The first kappa shape index (κ1) is 24.9. The molecule has 0 saturated heterocycles. The molecule has 5 rings (SSSR count). The number of aromatic nitrogens is 5. The highest BCUT2D eigenvalue weighted by Gasteiger charge is 2.61. The highest BCUT2D eigenvalue weighted by atomic mass is 32.2. The van der Waals surface area contributed by atoms with Gasteiger partial charge >= 0.3 is 12.3 Å². The number of rotatable bonds is 6. The number of imidazole rings is 1. The molecule has 0 spiro atoms. The molecule has 0 aliphatic heterocycles. The number of pyridine rings is 2. The topological polar surface area (TPSA) is 115 Å². The van der Waals surface area contributed by atoms with Gasteiger partial charge in [-0.3, -0.25) is 0 Å². The van der Waals surface area contributed by atoms with Gasteiger partial charge in [0.1, 0.15) is 21.9 Å². The molecule has 4 aromatic rings. The second kappa shape index (κ2) is 7.85. The predicted octanol–water partition coefficient (Wildman–Crippen LogP) is 4.17. The molecule has 1 aliphatic rings. The molecular weight excluding hydrogens is 523 g/mol. The van der Waals surface area contributed by atoms with E-state index in [-0.39, 0.29) is 38.8 Å². The summed E-state index contributed by atoms with van der Waals surface area (Å²) in [7, 11) is -2.40. The quantitative estimate of drug-likeness (QED) is 0.337. The molecule has 9 nitrogen and oxygen atoms in total. The lowest BCUT2D eigenvalue weighted by Crippen LogP contribution is -2.41. The summed E-state index contributed by atoms with van der Waals surface area (Å²) >= 11 is 0. The molecule has 1 fully saturated rings. The third-order valence-corrected chi connectivity index (χ3v) is 8.05. The second-order valence-electron chi connectivity index (χ2n) is 8.65. The van der Waals surface area contributed by atoms with Crippen molar-refractivity contribution in [3.05, 3.63) is 36.2 Å². The van der Waals surface area contributed by atoms with Gasteiger partial charge in [-0.2, -0.15) is 32.3 Å². The van der Waals surface area contributed by atoms with Crippen molar-refractivity contribution in [1.29, 1.82) is 5.26 Å². The molecule has 194 valence electrons. The van der Waals surface area contributed by atoms with E-state index >= 15 is 0 Å². The lowest BCUT2D eigenvalue weighted by molar-refractivity contribution is -0.360. The summed E-state index contributed by atoms with van der Waals surface area (Å²) in [6.07, 6.45) is -7.81. The minimum Gasteiger partial charge on any atom is -0.424 e. The Bertz CT molecular complexity index is 1710. The molecule has 4 aromatic heterocycles. The average molecular weight is 540 g/mol. The summed E-state index contributed by atoms with van der Waals surface area (Å²) in [5.41, 5.74) is 0.146. The van der Waals surface area contributed by atoms with Gasteiger partial charge in [-0.1, -0.05) is 13.0 Å². The molecule has 1 saturated carbocycles. The Kier molecular flexibility index (Phi) is 5.28. The average Bonchev–Trinajstić information content (AvgIpc) is 3.44. The van der Waals surface area contributed by atoms with Gasteiger partial charge < -0.3 is 9.30 Å². The highest BCUT2D eigenvalue weighted by Crippen LogP contribution is 2.48. The van der Waals surface area contributed by atoms with Crippen LogP contribution in [0.3, 0.4) is 0 Å². The molecule has 0 atom stereocenters. The van der Waals surface area contributed by atoms with Crippen molar-refractivity contribution in [3.63, 3.8) is 0 Å². The number of hydrogen-bond donors (Lipinski definition) is 0. The monoisotopic (exact) mass is 540 g/mol. The molecule has 0 bridgehead atoms. The van der Waals surface area contributed by atoms with Gasteiger partial charge in [-0.25, -0.2) is 22.9 Å². The summed E-state index contributed by atoms with van der Waals surface area (Å²) in [5.74, 6) is -1.16. The molecule has 0 unspecified atom stereocenters. The van der Waals surface area contributed by atoms with Crippen molar-refractivity contribution >= 4 is 26.5 Å². The third-order valence-electron chi connectivity index (χ3n) is 6.26. The maximum Gasteiger partial charge on any atom is 0.499 e. The lowest BCUT2D eigenvalue weighted by atomic mass is 10.00. The van der Waals surface area contributed by atoms with Crippen LogP contribution in [-0.4, -0.2) is 50.6 Å². The van der Waals surface area contributed by atoms with Crippen LogP contribution in [-0.2, 0) is 22.3 Å². The van der Waals surface area contributed by atoms with E-state index in [4.69, 9.17) is 0 Å². The molecule has 0 amide bonds. The first-order valence-electron chi connectivity index (χ1n) is 10.9. The first-order valence-corrected chi connectivity index (χ1v) is 12.5. The van der Waals surface area contributed by atoms with Crippen molar-refractivity contribution in [2.24, 2.45) is 7.05 Å². The maximum atomic E-state index is 13.4. The third kappa shape index (κ3) is 3.86. The van der Waals surface area contributed by atoms with Gasteiger partial charge in [0.2, 0.25) is 0 Å². The van der Waals surface area contributed by atoms with E-state index in [0.29, 0.717) is 24.6 Å². The fraction of sp³-hybridized carbons (Fsp3) is 0.364. The lowest BCUT2D eigenvalue weighted by Gasteiger charge is -2.19. The van der Waals surface area contributed by atoms with Crippen molar-refractivity contribution in [2.45, 2.75) is 42.4 Å². The fourth-order valence-corrected chi connectivity index (χ4v) is 5.22. The molecular formula is C22H17F5N6O3S. The van der Waals surface area contributed by atoms with E-state index < -0.39 is 33.3 Å². The number of alkyl halides is 5. The van der Waals surface area contributed by atoms with Gasteiger partial charge in [0.15, 0.2) is 21.3 Å². The van der Waals surface area contributed by atoms with E-state index in [9.17, 15) is 35.6 Å². The number of ether oxygens (including phenoxy) is 1. The number of hydrogen-bond acceptors (Lipinski definition) is 7. The molecule has 4 heterocycles. The number of aryl methyl sites for hydroxylation is 1. The molecule has 1 aliphatic carbocycles. The van der Waals surface area contributed by atoms with Crippen LogP contribution in [0.2, 0.25) is 0 Å². The fourth-order valence-electron chi connectivity index (χ4n) is 4.03. The smallest absolute Gasteiger partial charge is 0.424 e. The van der Waals surface area contributed by atoms with Crippen molar-refractivity contribution in [3.8, 4) is 23.3 Å². The highest BCUT2D eigenvalue weighted by molar-refractivity contribution is 7.91. The Morgan fingerprint density at radius 3 is 2.51 bits per heavy atom. The number of sulfone groups is 1. The summed E-state index contributed by atoms with van der Waals surface area (Å²) < 4.78 is 97.0. The van der Waals surface area contributed by atoms with Crippen LogP contribution >= 0.6 is 0 Å². The number of fused-ring (bicyclic) bond motifs is 2. The zero-order chi connectivity index (χ0) is 27.0. The molecule has 15 heteroatoms. The SMILES string of the molecule is CCS(=O)(=O)c1c(-c2nc3cc(OC(F)(F)C(F)(F)F)cnc3n2C)nn2cc(C3(C#N)CC3)ccc12. The van der Waals surface area contributed by atoms with Crippen molar-refractivity contribution < 1.29 is 35.1 Å². The van der Waals surface area contributed by atoms with Crippen LogP contribution in [0, 0.1) is 11.3 Å². The maximum absolute atomic E-state index is 13.4. The minimum absolute atomic E-state index is 0.0130. The predicted molar refractivity (Wildman–Crippen MR) is 119 cm³/mol. The summed E-state index contributed by atoms with van der Waals surface area (Å²) in [5, 5.41) is 13.9. The summed E-state index contributed by atoms with van der Waals surface area (Å²) in [4.78, 5) is 7.98. The Hall–Kier alpha value is -3.80. The molecule has 0 aromatic carbocycles. The Balaban J connectivity index is 1.68. The Labute approximate surface area is 206 Å². The van der Waals surface area contributed by atoms with Crippen LogP contribution in [0.4, 0.5) is 22.0 Å². The standard InChI is InChI=1S/C22H17F5N6O3S/c1-3-37(34,35)17-15-5-4-12(20(11-28)6-7-20)10-33(15)31-16(17)19-30-14-8-13(9-29-18(14)32(19)2)36-22(26,27)21(23,24)25/h4-5,8-10H,3,6-7H2,1-2H3. The van der Waals surface area contributed by atoms with Gasteiger partial charge in [0.05, 0.1) is 29.0 Å². The van der Waals surface area contributed by atoms with Crippen LogP contribution in [0.5, 0.6) is 5.75 Å². The number of nitrogens with zero attached hydrogens (tertiary/aromatic N) is 6. The zero-order valence-electron chi connectivity index (χ0n) is 19.2. The molecule has 0 N–H and O–H groups in total. The molecule has 37 heavy (non-hydrogen) atoms. The van der Waals surface area contributed by atoms with E-state index in [2.05, 4.69) is 25.9 Å².